The number of carbonyl (C=O) groups excluding carboxylic acids is 1. The fourth-order valence-electron chi connectivity index (χ4n) is 1.25. The van der Waals surface area contributed by atoms with E-state index in [0.29, 0.717) is 24.5 Å². The summed E-state index contributed by atoms with van der Waals surface area (Å²) < 4.78 is 0. The third-order valence-corrected chi connectivity index (χ3v) is 1.82. The van der Waals surface area contributed by atoms with Gasteiger partial charge in [0.15, 0.2) is 0 Å². The Morgan fingerprint density at radius 3 is 2.71 bits per heavy atom. The number of carbonyl (C=O) groups is 1. The number of aromatic hydroxyl groups is 1. The Kier molecular flexibility index (Phi) is 3.63. The van der Waals surface area contributed by atoms with Gasteiger partial charge in [0.05, 0.1) is 6.20 Å². The van der Waals surface area contributed by atoms with Crippen LogP contribution in [-0.2, 0) is 11.2 Å². The van der Waals surface area contributed by atoms with Crippen molar-refractivity contribution < 1.29 is 9.90 Å². The first-order valence-corrected chi connectivity index (χ1v) is 4.73. The molecule has 0 amide bonds. The zero-order chi connectivity index (χ0) is 10.6. The number of rotatable bonds is 4. The minimum atomic E-state index is 0.130. The third-order valence-electron chi connectivity index (χ3n) is 1.82. The largest absolute Gasteiger partial charge is 0.506 e. The number of pyridine rings is 1. The lowest BCUT2D eigenvalue weighted by Gasteiger charge is -2.03. The van der Waals surface area contributed by atoms with Crippen LogP contribution in [0.2, 0.25) is 0 Å². The lowest BCUT2D eigenvalue weighted by atomic mass is 10.0. The molecule has 14 heavy (non-hydrogen) atoms. The van der Waals surface area contributed by atoms with E-state index < -0.39 is 0 Å². The lowest BCUT2D eigenvalue weighted by Crippen LogP contribution is -2.07. The summed E-state index contributed by atoms with van der Waals surface area (Å²) >= 11 is 0. The molecule has 0 fully saturated rings. The van der Waals surface area contributed by atoms with Crippen molar-refractivity contribution in [1.82, 2.24) is 4.98 Å². The Morgan fingerprint density at radius 2 is 2.21 bits per heavy atom. The molecule has 3 nitrogen and oxygen atoms in total. The average molecular weight is 193 g/mol. The molecule has 0 atom stereocenters. The highest BCUT2D eigenvalue weighted by Crippen LogP contribution is 2.08. The minimum absolute atomic E-state index is 0.130. The standard InChI is InChI=1S/C11H15NO2/c1-8(2)5-11(14)6-9-3-4-10(13)7-12-9/h3-4,7-8,13H,5-6H2,1-2H3. The van der Waals surface area contributed by atoms with Crippen molar-refractivity contribution in [3.8, 4) is 5.75 Å². The van der Waals surface area contributed by atoms with Crippen molar-refractivity contribution in [3.05, 3.63) is 24.0 Å². The van der Waals surface area contributed by atoms with E-state index in [1.54, 1.807) is 12.1 Å². The topological polar surface area (TPSA) is 50.2 Å². The molecule has 0 aliphatic rings. The number of ketones is 1. The van der Waals surface area contributed by atoms with E-state index in [4.69, 9.17) is 5.11 Å². The summed E-state index contributed by atoms with van der Waals surface area (Å²) in [5, 5.41) is 8.99. The van der Waals surface area contributed by atoms with Gasteiger partial charge in [-0.05, 0) is 18.1 Å². The maximum Gasteiger partial charge on any atom is 0.139 e. The van der Waals surface area contributed by atoms with Crippen LogP contribution in [0.3, 0.4) is 0 Å². The number of hydrogen-bond donors (Lipinski definition) is 1. The normalized spacial score (nSPS) is 10.5. The summed E-state index contributed by atoms with van der Waals surface area (Å²) in [6.07, 6.45) is 2.30. The summed E-state index contributed by atoms with van der Waals surface area (Å²) in [5.74, 6) is 0.711. The predicted molar refractivity (Wildman–Crippen MR) is 54.1 cm³/mol. The predicted octanol–water partition coefficient (Wildman–Crippen LogP) is 1.94. The van der Waals surface area contributed by atoms with Gasteiger partial charge in [0.1, 0.15) is 11.5 Å². The van der Waals surface area contributed by atoms with Crippen LogP contribution in [0.5, 0.6) is 5.75 Å². The summed E-state index contributed by atoms with van der Waals surface area (Å²) in [6, 6.07) is 3.22. The van der Waals surface area contributed by atoms with Crippen LogP contribution in [0.25, 0.3) is 0 Å². The van der Waals surface area contributed by atoms with Gasteiger partial charge in [0, 0.05) is 18.5 Å². The van der Waals surface area contributed by atoms with Crippen LogP contribution in [0.1, 0.15) is 26.0 Å². The average Bonchev–Trinajstić information content (AvgIpc) is 2.07. The Labute approximate surface area is 83.8 Å². The molecule has 76 valence electrons. The molecular weight excluding hydrogens is 178 g/mol. The third kappa shape index (κ3) is 3.56. The van der Waals surface area contributed by atoms with Gasteiger partial charge in [-0.25, -0.2) is 0 Å². The molecule has 0 saturated carbocycles. The highest BCUT2D eigenvalue weighted by Gasteiger charge is 2.06. The highest BCUT2D eigenvalue weighted by atomic mass is 16.3. The van der Waals surface area contributed by atoms with Crippen molar-refractivity contribution in [2.75, 3.05) is 0 Å². The minimum Gasteiger partial charge on any atom is -0.506 e. The smallest absolute Gasteiger partial charge is 0.139 e. The maximum atomic E-state index is 11.4. The molecule has 0 aromatic carbocycles. The van der Waals surface area contributed by atoms with Crippen LogP contribution in [0, 0.1) is 5.92 Å². The van der Waals surface area contributed by atoms with Crippen LogP contribution >= 0.6 is 0 Å². The first kappa shape index (κ1) is 10.7. The molecule has 1 aromatic heterocycles. The zero-order valence-electron chi connectivity index (χ0n) is 8.53. The first-order valence-electron chi connectivity index (χ1n) is 4.73. The number of aromatic nitrogens is 1. The van der Waals surface area contributed by atoms with E-state index in [-0.39, 0.29) is 11.5 Å². The Hall–Kier alpha value is -1.38. The van der Waals surface area contributed by atoms with Gasteiger partial charge in [0.25, 0.3) is 0 Å². The molecule has 3 heteroatoms. The van der Waals surface area contributed by atoms with Crippen molar-refractivity contribution in [1.29, 1.82) is 0 Å². The maximum absolute atomic E-state index is 11.4. The summed E-state index contributed by atoms with van der Waals surface area (Å²) in [7, 11) is 0. The van der Waals surface area contributed by atoms with E-state index in [9.17, 15) is 4.79 Å². The molecule has 0 radical (unpaired) electrons. The fourth-order valence-corrected chi connectivity index (χ4v) is 1.25. The van der Waals surface area contributed by atoms with Crippen molar-refractivity contribution in [2.45, 2.75) is 26.7 Å². The summed E-state index contributed by atoms with van der Waals surface area (Å²) in [4.78, 5) is 15.4. The molecule has 0 unspecified atom stereocenters. The van der Waals surface area contributed by atoms with Crippen molar-refractivity contribution in [2.24, 2.45) is 5.92 Å². The molecule has 0 spiro atoms. The molecule has 1 rings (SSSR count). The molecule has 0 aliphatic carbocycles. The van der Waals surface area contributed by atoms with Crippen LogP contribution < -0.4 is 0 Å². The Morgan fingerprint density at radius 1 is 1.50 bits per heavy atom. The molecule has 1 heterocycles. The van der Waals surface area contributed by atoms with Gasteiger partial charge in [-0.3, -0.25) is 9.78 Å². The summed E-state index contributed by atoms with van der Waals surface area (Å²) in [5.41, 5.74) is 0.716. The van der Waals surface area contributed by atoms with E-state index in [0.717, 1.165) is 0 Å². The molecule has 0 saturated heterocycles. The van der Waals surface area contributed by atoms with E-state index >= 15 is 0 Å². The highest BCUT2D eigenvalue weighted by molar-refractivity contribution is 5.80. The van der Waals surface area contributed by atoms with Gasteiger partial charge in [-0.2, -0.15) is 0 Å². The molecule has 0 aliphatic heterocycles. The SMILES string of the molecule is CC(C)CC(=O)Cc1ccc(O)cn1. The summed E-state index contributed by atoms with van der Waals surface area (Å²) in [6.45, 7) is 4.03. The van der Waals surface area contributed by atoms with Crippen LogP contribution in [0.4, 0.5) is 0 Å². The van der Waals surface area contributed by atoms with E-state index in [1.807, 2.05) is 13.8 Å². The molecule has 1 N–H and O–H groups in total. The second kappa shape index (κ2) is 4.74. The second-order valence-corrected chi connectivity index (χ2v) is 3.82. The van der Waals surface area contributed by atoms with Crippen molar-refractivity contribution >= 4 is 5.78 Å². The van der Waals surface area contributed by atoms with Gasteiger partial charge in [-0.1, -0.05) is 13.8 Å². The second-order valence-electron chi connectivity index (χ2n) is 3.82. The number of nitrogens with zero attached hydrogens (tertiary/aromatic N) is 1. The number of hydrogen-bond acceptors (Lipinski definition) is 3. The van der Waals surface area contributed by atoms with Crippen LogP contribution in [0.15, 0.2) is 18.3 Å². The van der Waals surface area contributed by atoms with E-state index in [1.165, 1.54) is 6.20 Å². The Bertz CT molecular complexity index is 304. The van der Waals surface area contributed by atoms with Gasteiger partial charge in [-0.15, -0.1) is 0 Å². The monoisotopic (exact) mass is 193 g/mol. The molecule has 0 bridgehead atoms. The Balaban J connectivity index is 2.52. The van der Waals surface area contributed by atoms with Crippen LogP contribution in [-0.4, -0.2) is 15.9 Å². The number of Topliss-reactive ketones (excluding diaryl/α,β-unsaturated/α-hetero) is 1. The van der Waals surface area contributed by atoms with Crippen molar-refractivity contribution in [3.63, 3.8) is 0 Å². The molecule has 1 aromatic rings. The van der Waals surface area contributed by atoms with E-state index in [2.05, 4.69) is 4.98 Å². The zero-order valence-corrected chi connectivity index (χ0v) is 8.53. The fraction of sp³-hybridized carbons (Fsp3) is 0.455. The first-order chi connectivity index (χ1) is 6.58. The lowest BCUT2D eigenvalue weighted by molar-refractivity contribution is -0.119. The van der Waals surface area contributed by atoms with Gasteiger partial charge < -0.3 is 5.11 Å². The van der Waals surface area contributed by atoms with Gasteiger partial charge in [0.2, 0.25) is 0 Å². The van der Waals surface area contributed by atoms with Gasteiger partial charge >= 0.3 is 0 Å². The quantitative estimate of drug-likeness (QED) is 0.795. The molecular formula is C11H15NO2.